The van der Waals surface area contributed by atoms with Crippen LogP contribution < -0.4 is 10.4 Å². The quantitative estimate of drug-likeness (QED) is 0.219. The number of hydrogen-bond donors (Lipinski definition) is 2. The van der Waals surface area contributed by atoms with Gasteiger partial charge in [-0.05, 0) is 77.6 Å². The molecule has 0 aliphatic heterocycles. The molecule has 0 spiro atoms. The van der Waals surface area contributed by atoms with Crippen LogP contribution in [0.3, 0.4) is 0 Å². The molecule has 4 aromatic carbocycles. The van der Waals surface area contributed by atoms with Gasteiger partial charge < -0.3 is 0 Å². The molecule has 5 aromatic rings. The van der Waals surface area contributed by atoms with Crippen molar-refractivity contribution < 1.29 is 4.39 Å². The van der Waals surface area contributed by atoms with Crippen molar-refractivity contribution >= 4 is 46.7 Å². The Labute approximate surface area is 236 Å². The van der Waals surface area contributed by atoms with E-state index in [1.165, 1.54) is 11.1 Å². The van der Waals surface area contributed by atoms with E-state index in [9.17, 15) is 9.80 Å². The second-order valence-electron chi connectivity index (χ2n) is 9.71. The number of thiophene rings is 1. The smallest absolute Gasteiger partial charge is 0.131 e. The SMILES string of the molecule is Cc1ccc(-c2ccc(C3=c4ccccc4=C(c4ccc(-c5ccc(C)cc5F)cc4)C(=N)/C3=N\S)s2)cc1. The van der Waals surface area contributed by atoms with Gasteiger partial charge in [0.25, 0.3) is 0 Å². The van der Waals surface area contributed by atoms with Crippen molar-refractivity contribution in [2.75, 3.05) is 0 Å². The molecule has 0 unspecified atom stereocenters. The molecule has 6 rings (SSSR count). The predicted octanol–water partition coefficient (Wildman–Crippen LogP) is 7.56. The second-order valence-corrected chi connectivity index (χ2v) is 11.0. The molecule has 1 heterocycles. The van der Waals surface area contributed by atoms with E-state index in [0.717, 1.165) is 48.0 Å². The number of hydrogen-bond acceptors (Lipinski definition) is 4. The minimum atomic E-state index is -0.240. The second kappa shape index (κ2) is 10.3. The number of fused-ring (bicyclic) bond motifs is 1. The highest BCUT2D eigenvalue weighted by molar-refractivity contribution is 7.79. The summed E-state index contributed by atoms with van der Waals surface area (Å²) in [7, 11) is 0. The lowest BCUT2D eigenvalue weighted by Crippen LogP contribution is -2.40. The van der Waals surface area contributed by atoms with E-state index in [0.29, 0.717) is 17.0 Å². The first-order valence-electron chi connectivity index (χ1n) is 12.6. The number of halogens is 1. The summed E-state index contributed by atoms with van der Waals surface area (Å²) in [5, 5.41) is 11.2. The highest BCUT2D eigenvalue weighted by Gasteiger charge is 2.26. The summed E-state index contributed by atoms with van der Waals surface area (Å²) in [5.74, 6) is -0.240. The molecule has 39 heavy (non-hydrogen) atoms. The van der Waals surface area contributed by atoms with E-state index in [1.54, 1.807) is 17.4 Å². The summed E-state index contributed by atoms with van der Waals surface area (Å²) < 4.78 is 18.9. The van der Waals surface area contributed by atoms with Crippen LogP contribution in [0.2, 0.25) is 0 Å². The van der Waals surface area contributed by atoms with Gasteiger partial charge in [0, 0.05) is 26.5 Å². The zero-order valence-electron chi connectivity index (χ0n) is 21.5. The first-order valence-corrected chi connectivity index (χ1v) is 13.9. The lowest BCUT2D eigenvalue weighted by Gasteiger charge is -2.20. The van der Waals surface area contributed by atoms with Crippen molar-refractivity contribution in [3.63, 3.8) is 0 Å². The van der Waals surface area contributed by atoms with Crippen molar-refractivity contribution in [1.29, 1.82) is 5.41 Å². The Kier molecular flexibility index (Phi) is 6.63. The van der Waals surface area contributed by atoms with Crippen LogP contribution in [-0.4, -0.2) is 11.4 Å². The number of thiol groups is 1. The summed E-state index contributed by atoms with van der Waals surface area (Å²) in [6.45, 7) is 3.96. The summed E-state index contributed by atoms with van der Waals surface area (Å²) in [6, 6.07) is 33.9. The minimum Gasteiger partial charge on any atom is -0.298 e. The van der Waals surface area contributed by atoms with Gasteiger partial charge in [0.1, 0.15) is 11.5 Å². The van der Waals surface area contributed by atoms with Gasteiger partial charge in [-0.1, -0.05) is 90.5 Å². The van der Waals surface area contributed by atoms with Gasteiger partial charge in [-0.2, -0.15) is 0 Å². The molecule has 0 amide bonds. The van der Waals surface area contributed by atoms with Crippen molar-refractivity contribution in [2.45, 2.75) is 13.8 Å². The van der Waals surface area contributed by atoms with Gasteiger partial charge in [0.05, 0.1) is 5.71 Å². The zero-order valence-corrected chi connectivity index (χ0v) is 23.2. The van der Waals surface area contributed by atoms with E-state index in [1.807, 2.05) is 55.5 Å². The van der Waals surface area contributed by atoms with Gasteiger partial charge in [-0.15, -0.1) is 11.3 Å². The number of rotatable bonds is 4. The third-order valence-electron chi connectivity index (χ3n) is 7.09. The Hall–Kier alpha value is -4.06. The highest BCUT2D eigenvalue weighted by Crippen LogP contribution is 2.34. The third-order valence-corrected chi connectivity index (χ3v) is 8.44. The molecule has 5 heteroatoms. The Morgan fingerprint density at radius 3 is 1.92 bits per heavy atom. The number of nitrogens with zero attached hydrogens (tertiary/aromatic N) is 1. The largest absolute Gasteiger partial charge is 0.298 e. The summed E-state index contributed by atoms with van der Waals surface area (Å²) >= 11 is 6.01. The number of nitrogens with one attached hydrogen (secondary N) is 1. The Bertz CT molecular complexity index is 1900. The van der Waals surface area contributed by atoms with Crippen LogP contribution in [0.5, 0.6) is 0 Å². The summed E-state index contributed by atoms with van der Waals surface area (Å²) in [5.41, 5.74) is 8.07. The summed E-state index contributed by atoms with van der Waals surface area (Å²) in [6.07, 6.45) is 0. The normalized spacial score (nSPS) is 14.2. The van der Waals surface area contributed by atoms with Crippen molar-refractivity contribution in [3.05, 3.63) is 141 Å². The molecule has 0 saturated heterocycles. The Morgan fingerprint density at radius 2 is 1.26 bits per heavy atom. The van der Waals surface area contributed by atoms with E-state index in [-0.39, 0.29) is 5.82 Å². The standard InChI is InChI=1S/C34H25FN2S2/c1-20-7-10-23(11-8-20)29-17-18-30(39-29)32-27-6-4-3-5-26(27)31(33(36)34(32)37-38)24-14-12-22(13-15-24)25-16-9-21(2)19-28(25)35/h3-19,36,38H,1-2H3/b36-33?,37-34-. The maximum Gasteiger partial charge on any atom is 0.131 e. The lowest BCUT2D eigenvalue weighted by atomic mass is 9.85. The van der Waals surface area contributed by atoms with Crippen LogP contribution in [0.25, 0.3) is 32.7 Å². The fraction of sp³-hybridized carbons (Fsp3) is 0.0588. The summed E-state index contributed by atoms with van der Waals surface area (Å²) in [4.78, 5) is 2.20. The average molecular weight is 545 g/mol. The van der Waals surface area contributed by atoms with Gasteiger partial charge in [0.15, 0.2) is 0 Å². The maximum atomic E-state index is 14.6. The molecule has 1 aliphatic carbocycles. The third kappa shape index (κ3) is 4.58. The molecular formula is C34H25FN2S2. The molecule has 0 atom stereocenters. The van der Waals surface area contributed by atoms with Crippen molar-refractivity contribution in [2.24, 2.45) is 4.40 Å². The van der Waals surface area contributed by atoms with Gasteiger partial charge >= 0.3 is 0 Å². The predicted molar refractivity (Wildman–Crippen MR) is 166 cm³/mol. The topological polar surface area (TPSA) is 36.2 Å². The van der Waals surface area contributed by atoms with E-state index in [2.05, 4.69) is 72.7 Å². The molecule has 1 aliphatic rings. The zero-order chi connectivity index (χ0) is 27.1. The van der Waals surface area contributed by atoms with Crippen LogP contribution in [0, 0.1) is 25.1 Å². The van der Waals surface area contributed by atoms with E-state index in [4.69, 9.17) is 0 Å². The van der Waals surface area contributed by atoms with E-state index < -0.39 is 0 Å². The first kappa shape index (κ1) is 25.2. The molecule has 2 nitrogen and oxygen atoms in total. The Balaban J connectivity index is 1.52. The first-order chi connectivity index (χ1) is 18.9. The van der Waals surface area contributed by atoms with Crippen LogP contribution in [0.15, 0.2) is 108 Å². The maximum absolute atomic E-state index is 14.6. The van der Waals surface area contributed by atoms with E-state index >= 15 is 0 Å². The molecule has 0 fully saturated rings. The molecule has 1 aromatic heterocycles. The van der Waals surface area contributed by atoms with Gasteiger partial charge in [0.2, 0.25) is 0 Å². The van der Waals surface area contributed by atoms with Crippen LogP contribution in [-0.2, 0) is 0 Å². The fourth-order valence-corrected chi connectivity index (χ4v) is 6.36. The molecule has 0 saturated carbocycles. The molecule has 0 radical (unpaired) electrons. The van der Waals surface area contributed by atoms with Crippen LogP contribution in [0.4, 0.5) is 4.39 Å². The minimum absolute atomic E-state index is 0.240. The fourth-order valence-electron chi connectivity index (χ4n) is 5.09. The molecule has 0 bridgehead atoms. The highest BCUT2D eigenvalue weighted by atomic mass is 32.1. The van der Waals surface area contributed by atoms with Crippen molar-refractivity contribution in [1.82, 2.24) is 0 Å². The molecule has 1 N–H and O–H groups in total. The lowest BCUT2D eigenvalue weighted by molar-refractivity contribution is 0.630. The molecular weight excluding hydrogens is 520 g/mol. The number of benzene rings is 4. The monoisotopic (exact) mass is 544 g/mol. The van der Waals surface area contributed by atoms with Crippen LogP contribution in [0.1, 0.15) is 21.6 Å². The van der Waals surface area contributed by atoms with Gasteiger partial charge in [-0.25, -0.2) is 8.79 Å². The Morgan fingerprint density at radius 1 is 0.667 bits per heavy atom. The average Bonchev–Trinajstić information content (AvgIpc) is 3.43. The van der Waals surface area contributed by atoms with Gasteiger partial charge in [-0.3, -0.25) is 5.41 Å². The van der Waals surface area contributed by atoms with Crippen molar-refractivity contribution in [3.8, 4) is 21.6 Å². The number of aryl methyl sites for hydroxylation is 2. The van der Waals surface area contributed by atoms with Crippen LogP contribution >= 0.6 is 24.2 Å². The molecule has 190 valence electrons.